The second kappa shape index (κ2) is 18.5. The van der Waals surface area contributed by atoms with Crippen LogP contribution < -0.4 is 10.6 Å². The molecule has 0 aliphatic rings. The molecule has 2 aromatic rings. The quantitative estimate of drug-likeness (QED) is 0.142. The van der Waals surface area contributed by atoms with Crippen molar-refractivity contribution >= 4 is 11.8 Å². The van der Waals surface area contributed by atoms with E-state index in [9.17, 15) is 19.8 Å². The van der Waals surface area contributed by atoms with E-state index in [4.69, 9.17) is 0 Å². The van der Waals surface area contributed by atoms with Gasteiger partial charge in [-0.3, -0.25) is 9.59 Å². The number of unbranched alkanes of at least 4 members (excludes halogenated alkanes) is 2. The third kappa shape index (κ3) is 12.2. The van der Waals surface area contributed by atoms with E-state index in [1.54, 1.807) is 0 Å². The van der Waals surface area contributed by atoms with Crippen LogP contribution in [0.15, 0.2) is 72.8 Å². The van der Waals surface area contributed by atoms with Gasteiger partial charge in [0.1, 0.15) is 6.04 Å². The normalized spacial score (nSPS) is 15.4. The van der Waals surface area contributed by atoms with Crippen LogP contribution in [0.2, 0.25) is 0 Å². The van der Waals surface area contributed by atoms with Gasteiger partial charge in [0.25, 0.3) is 0 Å². The van der Waals surface area contributed by atoms with Gasteiger partial charge in [-0.25, -0.2) is 0 Å². The first kappa shape index (κ1) is 34.2. The van der Waals surface area contributed by atoms with Crippen LogP contribution in [0, 0.1) is 23.7 Å². The molecule has 226 valence electrons. The van der Waals surface area contributed by atoms with E-state index in [0.717, 1.165) is 30.4 Å². The molecular formula is C35H52N2O4. The molecule has 0 unspecified atom stereocenters. The number of carbonyl (C=O) groups is 2. The molecule has 0 spiro atoms. The number of hydrogen-bond acceptors (Lipinski definition) is 4. The molecule has 4 N–H and O–H groups in total. The van der Waals surface area contributed by atoms with Crippen molar-refractivity contribution in [1.29, 1.82) is 0 Å². The first-order chi connectivity index (χ1) is 19.7. The highest BCUT2D eigenvalue weighted by Crippen LogP contribution is 2.24. The van der Waals surface area contributed by atoms with Gasteiger partial charge in [0.15, 0.2) is 0 Å². The van der Waals surface area contributed by atoms with Crippen LogP contribution in [0.1, 0.15) is 71.4 Å². The Bertz CT molecular complexity index is 1040. The zero-order valence-electron chi connectivity index (χ0n) is 25.6. The smallest absolute Gasteiger partial charge is 0.243 e. The lowest BCUT2D eigenvalue weighted by Gasteiger charge is -2.29. The van der Waals surface area contributed by atoms with Gasteiger partial charge in [0, 0.05) is 11.8 Å². The molecular weight excluding hydrogens is 512 g/mol. The van der Waals surface area contributed by atoms with E-state index >= 15 is 0 Å². The lowest BCUT2D eigenvalue weighted by molar-refractivity contribution is -0.133. The van der Waals surface area contributed by atoms with E-state index in [1.807, 2.05) is 76.2 Å². The van der Waals surface area contributed by atoms with Gasteiger partial charge in [0.05, 0.1) is 18.8 Å². The minimum Gasteiger partial charge on any atom is -0.394 e. The highest BCUT2D eigenvalue weighted by molar-refractivity contribution is 5.89. The molecule has 0 fully saturated rings. The van der Waals surface area contributed by atoms with Crippen molar-refractivity contribution in [3.8, 4) is 0 Å². The van der Waals surface area contributed by atoms with Crippen LogP contribution in [0.4, 0.5) is 0 Å². The molecule has 0 saturated heterocycles. The Morgan fingerprint density at radius 3 is 1.93 bits per heavy atom. The molecule has 0 heterocycles. The minimum absolute atomic E-state index is 0.0559. The number of rotatable bonds is 18. The standard InChI is InChI=1S/C35H52N2O4/c1-6-7-8-15-20-29(21-27-16-11-9-12-17-27)32(39)23-30(22-28-18-13-10-14-19-28)34(40)37-33(26(4)5)35(41)36-31(24-38)25(2)3/h9-20,25-26,29-33,38-39H,6-8,21-24H2,1-5H3,(H,36,41)(H,37,40)/b20-15+/t29-,30+,31+,32-,33-/m0/s1. The molecule has 2 rings (SSSR count). The van der Waals surface area contributed by atoms with Gasteiger partial charge in [-0.1, -0.05) is 120 Å². The lowest BCUT2D eigenvalue weighted by atomic mass is 9.84. The summed E-state index contributed by atoms with van der Waals surface area (Å²) in [7, 11) is 0. The maximum atomic E-state index is 13.8. The summed E-state index contributed by atoms with van der Waals surface area (Å²) in [5.74, 6) is -1.31. The van der Waals surface area contributed by atoms with Gasteiger partial charge in [-0.2, -0.15) is 0 Å². The minimum atomic E-state index is -0.750. The first-order valence-corrected chi connectivity index (χ1v) is 15.3. The van der Waals surface area contributed by atoms with Crippen LogP contribution in [-0.2, 0) is 22.4 Å². The number of carbonyl (C=O) groups excluding carboxylic acids is 2. The SMILES string of the molecule is CCCC/C=C/[C@@H](Cc1ccccc1)[C@@H](O)C[C@@H](Cc1ccccc1)C(=O)N[C@H](C(=O)N[C@H](CO)C(C)C)C(C)C. The second-order valence-electron chi connectivity index (χ2n) is 11.9. The van der Waals surface area contributed by atoms with Crippen molar-refractivity contribution < 1.29 is 19.8 Å². The molecule has 0 bridgehead atoms. The fourth-order valence-electron chi connectivity index (χ4n) is 4.96. The number of benzene rings is 2. The predicted molar refractivity (Wildman–Crippen MR) is 167 cm³/mol. The van der Waals surface area contributed by atoms with Crippen molar-refractivity contribution in [2.75, 3.05) is 6.61 Å². The zero-order valence-corrected chi connectivity index (χ0v) is 25.6. The Balaban J connectivity index is 2.28. The highest BCUT2D eigenvalue weighted by atomic mass is 16.3. The van der Waals surface area contributed by atoms with Gasteiger partial charge in [-0.05, 0) is 48.6 Å². The van der Waals surface area contributed by atoms with Gasteiger partial charge >= 0.3 is 0 Å². The molecule has 2 amide bonds. The highest BCUT2D eigenvalue weighted by Gasteiger charge is 2.32. The lowest BCUT2D eigenvalue weighted by Crippen LogP contribution is -2.55. The third-order valence-corrected chi connectivity index (χ3v) is 7.71. The molecule has 0 aromatic heterocycles. The monoisotopic (exact) mass is 564 g/mol. The molecule has 0 radical (unpaired) electrons. The Hall–Kier alpha value is -2.96. The third-order valence-electron chi connectivity index (χ3n) is 7.71. The number of aliphatic hydroxyl groups excluding tert-OH is 2. The predicted octanol–water partition coefficient (Wildman–Crippen LogP) is 5.48. The summed E-state index contributed by atoms with van der Waals surface area (Å²) in [5, 5.41) is 27.2. The fraction of sp³-hybridized carbons (Fsp3) is 0.543. The van der Waals surface area contributed by atoms with Crippen LogP contribution >= 0.6 is 0 Å². The summed E-state index contributed by atoms with van der Waals surface area (Å²) in [5.41, 5.74) is 2.14. The van der Waals surface area contributed by atoms with Crippen molar-refractivity contribution in [2.45, 2.75) is 91.3 Å². The summed E-state index contributed by atoms with van der Waals surface area (Å²) in [6.45, 7) is 9.65. The average Bonchev–Trinajstić information content (AvgIpc) is 2.96. The molecule has 5 atom stereocenters. The van der Waals surface area contributed by atoms with Gasteiger partial charge in [0.2, 0.25) is 11.8 Å². The average molecular weight is 565 g/mol. The Labute approximate surface area is 247 Å². The topological polar surface area (TPSA) is 98.7 Å². The van der Waals surface area contributed by atoms with Crippen LogP contribution in [-0.4, -0.2) is 46.8 Å². The van der Waals surface area contributed by atoms with Crippen molar-refractivity contribution in [1.82, 2.24) is 10.6 Å². The maximum absolute atomic E-state index is 13.8. The van der Waals surface area contributed by atoms with E-state index < -0.39 is 18.1 Å². The maximum Gasteiger partial charge on any atom is 0.243 e. The van der Waals surface area contributed by atoms with Crippen LogP contribution in [0.25, 0.3) is 0 Å². The molecule has 6 heteroatoms. The Morgan fingerprint density at radius 1 is 0.829 bits per heavy atom. The summed E-state index contributed by atoms with van der Waals surface area (Å²) < 4.78 is 0. The van der Waals surface area contributed by atoms with E-state index in [-0.39, 0.29) is 48.6 Å². The van der Waals surface area contributed by atoms with Crippen LogP contribution in [0.5, 0.6) is 0 Å². The number of aliphatic hydroxyl groups is 2. The largest absolute Gasteiger partial charge is 0.394 e. The molecule has 0 saturated carbocycles. The van der Waals surface area contributed by atoms with Crippen molar-refractivity contribution in [3.05, 3.63) is 83.9 Å². The van der Waals surface area contributed by atoms with Crippen molar-refractivity contribution in [2.24, 2.45) is 23.7 Å². The number of hydrogen-bond donors (Lipinski definition) is 4. The van der Waals surface area contributed by atoms with Crippen molar-refractivity contribution in [3.63, 3.8) is 0 Å². The molecule has 6 nitrogen and oxygen atoms in total. The fourth-order valence-corrected chi connectivity index (χ4v) is 4.96. The molecule has 0 aliphatic heterocycles. The number of allylic oxidation sites excluding steroid dienone is 1. The second-order valence-corrected chi connectivity index (χ2v) is 11.9. The van der Waals surface area contributed by atoms with Gasteiger partial charge < -0.3 is 20.8 Å². The van der Waals surface area contributed by atoms with E-state index in [1.165, 1.54) is 0 Å². The van der Waals surface area contributed by atoms with Crippen LogP contribution in [0.3, 0.4) is 0 Å². The Kier molecular flexibility index (Phi) is 15.4. The van der Waals surface area contributed by atoms with E-state index in [2.05, 4.69) is 41.8 Å². The van der Waals surface area contributed by atoms with E-state index in [0.29, 0.717) is 12.8 Å². The summed E-state index contributed by atoms with van der Waals surface area (Å²) >= 11 is 0. The molecule has 0 aliphatic carbocycles. The Morgan fingerprint density at radius 2 is 1.41 bits per heavy atom. The summed E-state index contributed by atoms with van der Waals surface area (Å²) in [4.78, 5) is 27.0. The molecule has 2 aromatic carbocycles. The zero-order chi connectivity index (χ0) is 30.2. The summed E-state index contributed by atoms with van der Waals surface area (Å²) in [6, 6.07) is 18.8. The molecule has 41 heavy (non-hydrogen) atoms. The number of nitrogens with one attached hydrogen (secondary N) is 2. The summed E-state index contributed by atoms with van der Waals surface area (Å²) in [6.07, 6.45) is 8.09. The number of amides is 2. The van der Waals surface area contributed by atoms with Gasteiger partial charge in [-0.15, -0.1) is 0 Å². The first-order valence-electron chi connectivity index (χ1n) is 15.3.